The van der Waals surface area contributed by atoms with E-state index in [0.717, 1.165) is 28.2 Å². The maximum atomic E-state index is 12.9. The lowest BCUT2D eigenvalue weighted by Crippen LogP contribution is -2.07. The molecule has 0 fully saturated rings. The van der Waals surface area contributed by atoms with Crippen LogP contribution < -0.4 is 4.74 Å². The van der Waals surface area contributed by atoms with Gasteiger partial charge in [0.25, 0.3) is 0 Å². The number of ether oxygens (including phenoxy) is 1. The number of hydrogen-bond donors (Lipinski definition) is 0. The summed E-state index contributed by atoms with van der Waals surface area (Å²) in [5.74, 6) is 1.37. The highest BCUT2D eigenvalue weighted by molar-refractivity contribution is 5.83. The van der Waals surface area contributed by atoms with Crippen molar-refractivity contribution in [3.63, 3.8) is 0 Å². The Labute approximate surface area is 146 Å². The van der Waals surface area contributed by atoms with E-state index in [1.54, 1.807) is 12.1 Å². The van der Waals surface area contributed by atoms with Gasteiger partial charge in [-0.3, -0.25) is 4.79 Å². The lowest BCUT2D eigenvalue weighted by molar-refractivity contribution is -0.117. The van der Waals surface area contributed by atoms with Crippen LogP contribution in [0.25, 0.3) is 0 Å². The maximum Gasteiger partial charge on any atom is 0.141 e. The van der Waals surface area contributed by atoms with E-state index < -0.39 is 0 Å². The zero-order valence-electron chi connectivity index (χ0n) is 14.0. The number of benzene rings is 3. The SMILES string of the molecule is Cc1cc(CC(=O)Cc2ccc(F)cc2)ccc1Oc1ccccc1. The highest BCUT2D eigenvalue weighted by Gasteiger charge is 2.08. The van der Waals surface area contributed by atoms with Gasteiger partial charge in [0.15, 0.2) is 0 Å². The molecule has 0 bridgehead atoms. The van der Waals surface area contributed by atoms with Gasteiger partial charge in [0.1, 0.15) is 23.1 Å². The first kappa shape index (κ1) is 16.9. The Morgan fingerprint density at radius 2 is 1.52 bits per heavy atom. The van der Waals surface area contributed by atoms with E-state index in [1.165, 1.54) is 12.1 Å². The molecule has 0 amide bonds. The molecular formula is C22H19FO2. The number of carbonyl (C=O) groups is 1. The molecule has 2 nitrogen and oxygen atoms in total. The Kier molecular flexibility index (Phi) is 5.24. The molecule has 0 aliphatic rings. The van der Waals surface area contributed by atoms with Gasteiger partial charge in [0.2, 0.25) is 0 Å². The maximum absolute atomic E-state index is 12.9. The topological polar surface area (TPSA) is 26.3 Å². The third-order valence-electron chi connectivity index (χ3n) is 3.93. The minimum absolute atomic E-state index is 0.0998. The summed E-state index contributed by atoms with van der Waals surface area (Å²) >= 11 is 0. The van der Waals surface area contributed by atoms with Crippen LogP contribution in [-0.2, 0) is 17.6 Å². The fraction of sp³-hybridized carbons (Fsp3) is 0.136. The van der Waals surface area contributed by atoms with Crippen molar-refractivity contribution >= 4 is 5.78 Å². The van der Waals surface area contributed by atoms with Gasteiger partial charge in [0.05, 0.1) is 0 Å². The normalized spacial score (nSPS) is 10.5. The van der Waals surface area contributed by atoms with E-state index >= 15 is 0 Å². The monoisotopic (exact) mass is 334 g/mol. The van der Waals surface area contributed by atoms with Crippen molar-refractivity contribution in [1.82, 2.24) is 0 Å². The van der Waals surface area contributed by atoms with Gasteiger partial charge in [-0.15, -0.1) is 0 Å². The largest absolute Gasteiger partial charge is 0.457 e. The average Bonchev–Trinajstić information content (AvgIpc) is 2.60. The molecule has 3 aromatic rings. The summed E-state index contributed by atoms with van der Waals surface area (Å²) in [4.78, 5) is 12.2. The quantitative estimate of drug-likeness (QED) is 0.613. The van der Waals surface area contributed by atoms with Gasteiger partial charge in [-0.25, -0.2) is 4.39 Å². The Hall–Kier alpha value is -2.94. The van der Waals surface area contributed by atoms with Crippen LogP contribution in [0.15, 0.2) is 72.8 Å². The van der Waals surface area contributed by atoms with Gasteiger partial charge in [0, 0.05) is 12.8 Å². The first-order valence-corrected chi connectivity index (χ1v) is 8.19. The number of carbonyl (C=O) groups excluding carboxylic acids is 1. The van der Waals surface area contributed by atoms with Crippen LogP contribution >= 0.6 is 0 Å². The molecule has 0 aliphatic heterocycles. The molecule has 0 heterocycles. The van der Waals surface area contributed by atoms with Crippen LogP contribution in [0.4, 0.5) is 4.39 Å². The van der Waals surface area contributed by atoms with Gasteiger partial charge in [-0.2, -0.15) is 0 Å². The first-order chi connectivity index (χ1) is 12.1. The van der Waals surface area contributed by atoms with Crippen LogP contribution in [-0.4, -0.2) is 5.78 Å². The van der Waals surface area contributed by atoms with E-state index in [0.29, 0.717) is 12.8 Å². The molecule has 0 unspecified atom stereocenters. The first-order valence-electron chi connectivity index (χ1n) is 8.19. The second-order valence-electron chi connectivity index (χ2n) is 6.03. The predicted molar refractivity (Wildman–Crippen MR) is 96.5 cm³/mol. The second kappa shape index (κ2) is 7.75. The van der Waals surface area contributed by atoms with E-state index in [-0.39, 0.29) is 11.6 Å². The molecule has 0 saturated heterocycles. The molecule has 126 valence electrons. The van der Waals surface area contributed by atoms with Crippen molar-refractivity contribution in [2.45, 2.75) is 19.8 Å². The third kappa shape index (κ3) is 4.77. The van der Waals surface area contributed by atoms with Crippen LogP contribution in [0.3, 0.4) is 0 Å². The summed E-state index contributed by atoms with van der Waals surface area (Å²) in [6, 6.07) is 21.4. The lowest BCUT2D eigenvalue weighted by atomic mass is 10.0. The van der Waals surface area contributed by atoms with Crippen LogP contribution in [0.2, 0.25) is 0 Å². The minimum atomic E-state index is -0.291. The third-order valence-corrected chi connectivity index (χ3v) is 3.93. The highest BCUT2D eigenvalue weighted by atomic mass is 19.1. The molecule has 3 heteroatoms. The van der Waals surface area contributed by atoms with Crippen LogP contribution in [0.5, 0.6) is 11.5 Å². The number of Topliss-reactive ketones (excluding diaryl/α,β-unsaturated/α-hetero) is 1. The standard InChI is InChI=1S/C22H19FO2/c1-16-13-18(9-12-22(16)25-21-5-3-2-4-6-21)15-20(24)14-17-7-10-19(23)11-8-17/h2-13H,14-15H2,1H3. The lowest BCUT2D eigenvalue weighted by Gasteiger charge is -2.10. The molecule has 0 N–H and O–H groups in total. The predicted octanol–water partition coefficient (Wildman–Crippen LogP) is 5.28. The van der Waals surface area contributed by atoms with Crippen molar-refractivity contribution in [3.05, 3.63) is 95.3 Å². The van der Waals surface area contributed by atoms with Crippen LogP contribution in [0.1, 0.15) is 16.7 Å². The van der Waals surface area contributed by atoms with Gasteiger partial charge >= 0.3 is 0 Å². The van der Waals surface area contributed by atoms with E-state index in [9.17, 15) is 9.18 Å². The van der Waals surface area contributed by atoms with Gasteiger partial charge in [-0.1, -0.05) is 42.5 Å². The number of aryl methyl sites for hydroxylation is 1. The molecule has 0 radical (unpaired) electrons. The van der Waals surface area contributed by atoms with E-state index in [2.05, 4.69) is 0 Å². The Bertz CT molecular complexity index is 855. The molecule has 0 aliphatic carbocycles. The summed E-state index contributed by atoms with van der Waals surface area (Å²) in [5.41, 5.74) is 2.76. The molecule has 0 spiro atoms. The zero-order chi connectivity index (χ0) is 17.6. The Morgan fingerprint density at radius 1 is 0.880 bits per heavy atom. The fourth-order valence-electron chi connectivity index (χ4n) is 2.67. The summed E-state index contributed by atoms with van der Waals surface area (Å²) in [7, 11) is 0. The van der Waals surface area contributed by atoms with E-state index in [1.807, 2.05) is 55.5 Å². The average molecular weight is 334 g/mol. The summed E-state index contributed by atoms with van der Waals surface area (Å²) < 4.78 is 18.8. The summed E-state index contributed by atoms with van der Waals surface area (Å²) in [6.07, 6.45) is 0.658. The molecular weight excluding hydrogens is 315 g/mol. The Morgan fingerprint density at radius 3 is 2.20 bits per heavy atom. The number of halogens is 1. The molecule has 0 saturated carbocycles. The van der Waals surface area contributed by atoms with Crippen molar-refractivity contribution in [3.8, 4) is 11.5 Å². The minimum Gasteiger partial charge on any atom is -0.457 e. The van der Waals surface area contributed by atoms with Gasteiger partial charge < -0.3 is 4.74 Å². The highest BCUT2D eigenvalue weighted by Crippen LogP contribution is 2.25. The molecule has 25 heavy (non-hydrogen) atoms. The fourth-order valence-corrected chi connectivity index (χ4v) is 2.67. The summed E-state index contributed by atoms with van der Waals surface area (Å²) in [5, 5.41) is 0. The van der Waals surface area contributed by atoms with E-state index in [4.69, 9.17) is 4.74 Å². The molecule has 0 aromatic heterocycles. The smallest absolute Gasteiger partial charge is 0.141 e. The second-order valence-corrected chi connectivity index (χ2v) is 6.03. The number of rotatable bonds is 6. The Balaban J connectivity index is 1.64. The molecule has 3 aromatic carbocycles. The molecule has 0 atom stereocenters. The molecule has 3 rings (SSSR count). The van der Waals surface area contributed by atoms with Crippen molar-refractivity contribution in [2.24, 2.45) is 0 Å². The number of hydrogen-bond acceptors (Lipinski definition) is 2. The van der Waals surface area contributed by atoms with Crippen molar-refractivity contribution < 1.29 is 13.9 Å². The van der Waals surface area contributed by atoms with Crippen molar-refractivity contribution in [1.29, 1.82) is 0 Å². The van der Waals surface area contributed by atoms with Gasteiger partial charge in [-0.05, 0) is 53.9 Å². The van der Waals surface area contributed by atoms with Crippen molar-refractivity contribution in [2.75, 3.05) is 0 Å². The number of ketones is 1. The van der Waals surface area contributed by atoms with Crippen LogP contribution in [0, 0.1) is 12.7 Å². The zero-order valence-corrected chi connectivity index (χ0v) is 14.0. The number of para-hydroxylation sites is 1. The summed E-state index contributed by atoms with van der Waals surface area (Å²) in [6.45, 7) is 1.96.